The van der Waals surface area contributed by atoms with E-state index in [9.17, 15) is 18.0 Å². The summed E-state index contributed by atoms with van der Waals surface area (Å²) >= 11 is 0. The van der Waals surface area contributed by atoms with Crippen molar-refractivity contribution in [2.24, 2.45) is 11.8 Å². The summed E-state index contributed by atoms with van der Waals surface area (Å²) in [6, 6.07) is 0. The van der Waals surface area contributed by atoms with E-state index in [4.69, 9.17) is 0 Å². The standard InChI is InChI=1S/C18H31N3O4S/c1-26(24,25)21-8-6-16(7-9-21)18(23)20-12-10-19(11-13-20)17(22)14-15-4-2-3-5-15/h15-16H,2-14H2,1H3. The molecule has 7 nitrogen and oxygen atoms in total. The Labute approximate surface area is 156 Å². The fourth-order valence-electron chi connectivity index (χ4n) is 4.46. The number of carbonyl (C=O) groups excluding carboxylic acids is 2. The van der Waals surface area contributed by atoms with Gasteiger partial charge in [-0.1, -0.05) is 12.8 Å². The lowest BCUT2D eigenvalue weighted by Gasteiger charge is -2.38. The lowest BCUT2D eigenvalue weighted by Crippen LogP contribution is -2.53. The van der Waals surface area contributed by atoms with Crippen LogP contribution in [0.5, 0.6) is 0 Å². The number of piperidine rings is 1. The van der Waals surface area contributed by atoms with Gasteiger partial charge in [-0.3, -0.25) is 9.59 Å². The minimum Gasteiger partial charge on any atom is -0.339 e. The van der Waals surface area contributed by atoms with Crippen LogP contribution in [0, 0.1) is 11.8 Å². The van der Waals surface area contributed by atoms with Crippen LogP contribution in [0.4, 0.5) is 0 Å². The third-order valence-corrected chi connectivity index (χ3v) is 7.46. The van der Waals surface area contributed by atoms with Crippen LogP contribution < -0.4 is 0 Å². The third kappa shape index (κ3) is 4.76. The van der Waals surface area contributed by atoms with Crippen LogP contribution in [-0.2, 0) is 19.6 Å². The first-order chi connectivity index (χ1) is 12.3. The van der Waals surface area contributed by atoms with Gasteiger partial charge in [-0.15, -0.1) is 0 Å². The summed E-state index contributed by atoms with van der Waals surface area (Å²) in [5.41, 5.74) is 0. The molecule has 3 aliphatic rings. The van der Waals surface area contributed by atoms with Crippen molar-refractivity contribution >= 4 is 21.8 Å². The number of piperazine rings is 1. The summed E-state index contributed by atoms with van der Waals surface area (Å²) in [6.45, 7) is 3.30. The normalized spacial score (nSPS) is 24.2. The number of nitrogens with zero attached hydrogens (tertiary/aromatic N) is 3. The molecule has 1 saturated carbocycles. The molecule has 0 unspecified atom stereocenters. The van der Waals surface area contributed by atoms with Crippen LogP contribution in [0.3, 0.4) is 0 Å². The van der Waals surface area contributed by atoms with E-state index in [0.717, 1.165) is 0 Å². The molecule has 2 aliphatic heterocycles. The Bertz CT molecular complexity index is 614. The highest BCUT2D eigenvalue weighted by atomic mass is 32.2. The summed E-state index contributed by atoms with van der Waals surface area (Å²) in [5.74, 6) is 0.836. The second-order valence-corrected chi connectivity index (χ2v) is 9.98. The second-order valence-electron chi connectivity index (χ2n) is 8.00. The summed E-state index contributed by atoms with van der Waals surface area (Å²) in [5, 5.41) is 0. The van der Waals surface area contributed by atoms with Crippen molar-refractivity contribution in [3.05, 3.63) is 0 Å². The minimum absolute atomic E-state index is 0.0891. The van der Waals surface area contributed by atoms with Crippen LogP contribution in [0.2, 0.25) is 0 Å². The highest BCUT2D eigenvalue weighted by molar-refractivity contribution is 7.88. The van der Waals surface area contributed by atoms with Crippen molar-refractivity contribution < 1.29 is 18.0 Å². The lowest BCUT2D eigenvalue weighted by molar-refractivity contribution is -0.143. The van der Waals surface area contributed by atoms with E-state index in [1.54, 1.807) is 0 Å². The van der Waals surface area contributed by atoms with E-state index in [2.05, 4.69) is 0 Å². The van der Waals surface area contributed by atoms with Crippen molar-refractivity contribution in [1.82, 2.24) is 14.1 Å². The van der Waals surface area contributed by atoms with Gasteiger partial charge in [0.2, 0.25) is 21.8 Å². The molecular weight excluding hydrogens is 354 g/mol. The van der Waals surface area contributed by atoms with Crippen molar-refractivity contribution in [3.8, 4) is 0 Å². The Morgan fingerprint density at radius 2 is 1.38 bits per heavy atom. The Morgan fingerprint density at radius 3 is 1.92 bits per heavy atom. The SMILES string of the molecule is CS(=O)(=O)N1CCC(C(=O)N2CCN(C(=O)CC3CCCC3)CC2)CC1. The number of hydrogen-bond donors (Lipinski definition) is 0. The topological polar surface area (TPSA) is 78.0 Å². The number of hydrogen-bond acceptors (Lipinski definition) is 4. The molecule has 0 N–H and O–H groups in total. The lowest BCUT2D eigenvalue weighted by atomic mass is 9.96. The first kappa shape index (κ1) is 19.6. The van der Waals surface area contributed by atoms with Gasteiger partial charge in [-0.2, -0.15) is 0 Å². The van der Waals surface area contributed by atoms with Gasteiger partial charge >= 0.3 is 0 Å². The molecule has 0 radical (unpaired) electrons. The average molecular weight is 386 g/mol. The molecule has 3 fully saturated rings. The predicted molar refractivity (Wildman–Crippen MR) is 98.9 cm³/mol. The van der Waals surface area contributed by atoms with Crippen LogP contribution in [0.25, 0.3) is 0 Å². The van der Waals surface area contributed by atoms with E-state index in [1.807, 2.05) is 9.80 Å². The van der Waals surface area contributed by atoms with Gasteiger partial charge in [0.15, 0.2) is 0 Å². The highest BCUT2D eigenvalue weighted by Gasteiger charge is 2.33. The fourth-order valence-corrected chi connectivity index (χ4v) is 5.33. The molecule has 0 bridgehead atoms. The largest absolute Gasteiger partial charge is 0.339 e. The molecule has 148 valence electrons. The molecule has 2 heterocycles. The quantitative estimate of drug-likeness (QED) is 0.721. The number of amides is 2. The second kappa shape index (κ2) is 8.25. The van der Waals surface area contributed by atoms with Crippen LogP contribution in [0.1, 0.15) is 44.9 Å². The monoisotopic (exact) mass is 385 g/mol. The molecule has 0 aromatic heterocycles. The Hall–Kier alpha value is -1.15. The van der Waals surface area contributed by atoms with Crippen molar-refractivity contribution in [2.75, 3.05) is 45.5 Å². The molecular formula is C18H31N3O4S. The van der Waals surface area contributed by atoms with Crippen molar-refractivity contribution in [2.45, 2.75) is 44.9 Å². The molecule has 1 aliphatic carbocycles. The fraction of sp³-hybridized carbons (Fsp3) is 0.889. The zero-order valence-electron chi connectivity index (χ0n) is 15.7. The maximum Gasteiger partial charge on any atom is 0.225 e. The molecule has 26 heavy (non-hydrogen) atoms. The molecule has 2 amide bonds. The van der Waals surface area contributed by atoms with Crippen LogP contribution >= 0.6 is 0 Å². The van der Waals surface area contributed by atoms with Gasteiger partial charge in [0.25, 0.3) is 0 Å². The molecule has 0 aromatic carbocycles. The minimum atomic E-state index is -3.16. The van der Waals surface area contributed by atoms with Crippen LogP contribution in [0.15, 0.2) is 0 Å². The summed E-state index contributed by atoms with van der Waals surface area (Å²) in [4.78, 5) is 28.9. The number of rotatable bonds is 4. The third-order valence-electron chi connectivity index (χ3n) is 6.15. The summed E-state index contributed by atoms with van der Waals surface area (Å²) in [7, 11) is -3.16. The average Bonchev–Trinajstić information content (AvgIpc) is 3.13. The molecule has 0 aromatic rings. The van der Waals surface area contributed by atoms with E-state index in [1.165, 1.54) is 36.2 Å². The Balaban J connectivity index is 1.43. The predicted octanol–water partition coefficient (Wildman–Crippen LogP) is 0.909. The first-order valence-electron chi connectivity index (χ1n) is 9.86. The van der Waals surface area contributed by atoms with Gasteiger partial charge in [-0.25, -0.2) is 12.7 Å². The van der Waals surface area contributed by atoms with Crippen LogP contribution in [-0.4, -0.2) is 79.9 Å². The molecule has 3 rings (SSSR count). The summed E-state index contributed by atoms with van der Waals surface area (Å²) < 4.78 is 24.6. The van der Waals surface area contributed by atoms with Gasteiger partial charge < -0.3 is 9.80 Å². The maximum atomic E-state index is 12.7. The zero-order chi connectivity index (χ0) is 18.7. The zero-order valence-corrected chi connectivity index (χ0v) is 16.5. The number of sulfonamides is 1. The summed E-state index contributed by atoms with van der Waals surface area (Å²) in [6.07, 6.45) is 7.91. The van der Waals surface area contributed by atoms with E-state index < -0.39 is 10.0 Å². The Morgan fingerprint density at radius 1 is 0.846 bits per heavy atom. The van der Waals surface area contributed by atoms with E-state index in [-0.39, 0.29) is 17.7 Å². The maximum absolute atomic E-state index is 12.7. The van der Waals surface area contributed by atoms with Gasteiger partial charge in [-0.05, 0) is 31.6 Å². The molecule has 8 heteroatoms. The van der Waals surface area contributed by atoms with Crippen molar-refractivity contribution in [3.63, 3.8) is 0 Å². The van der Waals surface area contributed by atoms with E-state index >= 15 is 0 Å². The molecule has 2 saturated heterocycles. The van der Waals surface area contributed by atoms with E-state index in [0.29, 0.717) is 64.4 Å². The molecule has 0 atom stereocenters. The van der Waals surface area contributed by atoms with Gasteiger partial charge in [0.05, 0.1) is 6.26 Å². The molecule has 0 spiro atoms. The van der Waals surface area contributed by atoms with Gasteiger partial charge in [0, 0.05) is 51.6 Å². The Kier molecular flexibility index (Phi) is 6.22. The first-order valence-corrected chi connectivity index (χ1v) is 11.7. The highest BCUT2D eigenvalue weighted by Crippen LogP contribution is 2.28. The van der Waals surface area contributed by atoms with Crippen molar-refractivity contribution in [1.29, 1.82) is 0 Å². The van der Waals surface area contributed by atoms with Gasteiger partial charge in [0.1, 0.15) is 0 Å². The smallest absolute Gasteiger partial charge is 0.225 e. The number of carbonyl (C=O) groups is 2.